The number of hydrogen-bond donors (Lipinski definition) is 1. The molecule has 0 spiro atoms. The van der Waals surface area contributed by atoms with E-state index in [2.05, 4.69) is 4.98 Å². The molecule has 0 aliphatic carbocycles. The predicted octanol–water partition coefficient (Wildman–Crippen LogP) is 0.322. The lowest BCUT2D eigenvalue weighted by molar-refractivity contribution is 0.0765. The smallest absolute Gasteiger partial charge is 0.291 e. The van der Waals surface area contributed by atoms with Crippen molar-refractivity contribution in [2.24, 2.45) is 5.73 Å². The molecule has 2 N–H and O–H groups in total. The molecule has 5 heteroatoms. The van der Waals surface area contributed by atoms with Gasteiger partial charge in [-0.05, 0) is 6.92 Å². The van der Waals surface area contributed by atoms with Crippen molar-refractivity contribution in [2.45, 2.75) is 13.8 Å². The molecule has 5 nitrogen and oxygen atoms in total. The molecule has 78 valence electrons. The van der Waals surface area contributed by atoms with Gasteiger partial charge in [-0.25, -0.2) is 4.98 Å². The van der Waals surface area contributed by atoms with Crippen LogP contribution in [-0.2, 0) is 0 Å². The van der Waals surface area contributed by atoms with Crippen LogP contribution in [0.15, 0.2) is 4.42 Å². The molecular weight excluding hydrogens is 182 g/mol. The zero-order chi connectivity index (χ0) is 10.7. The van der Waals surface area contributed by atoms with Crippen LogP contribution in [0, 0.1) is 13.8 Å². The number of likely N-dealkylation sites (N-methyl/N-ethyl adjacent to an activating group) is 1. The van der Waals surface area contributed by atoms with E-state index in [1.165, 1.54) is 4.90 Å². The summed E-state index contributed by atoms with van der Waals surface area (Å²) in [6, 6.07) is 0. The molecule has 0 atom stereocenters. The van der Waals surface area contributed by atoms with Gasteiger partial charge in [-0.15, -0.1) is 0 Å². The number of amides is 1. The van der Waals surface area contributed by atoms with E-state index in [9.17, 15) is 4.79 Å². The molecular formula is C9H15N3O2. The fraction of sp³-hybridized carbons (Fsp3) is 0.556. The summed E-state index contributed by atoms with van der Waals surface area (Å²) < 4.78 is 5.20. The van der Waals surface area contributed by atoms with Gasteiger partial charge in [-0.1, -0.05) is 0 Å². The molecule has 1 amide bonds. The Morgan fingerprint density at radius 3 is 2.64 bits per heavy atom. The van der Waals surface area contributed by atoms with Crippen LogP contribution in [0.4, 0.5) is 0 Å². The minimum absolute atomic E-state index is 0.173. The van der Waals surface area contributed by atoms with Gasteiger partial charge in [-0.3, -0.25) is 4.79 Å². The Balaban J connectivity index is 2.83. The summed E-state index contributed by atoms with van der Waals surface area (Å²) in [6.45, 7) is 4.42. The monoisotopic (exact) mass is 197 g/mol. The second-order valence-corrected chi connectivity index (χ2v) is 3.16. The molecule has 14 heavy (non-hydrogen) atoms. The van der Waals surface area contributed by atoms with E-state index in [-0.39, 0.29) is 5.91 Å². The summed E-state index contributed by atoms with van der Waals surface area (Å²) in [5.41, 5.74) is 5.97. The van der Waals surface area contributed by atoms with Crippen LogP contribution >= 0.6 is 0 Å². The van der Waals surface area contributed by atoms with E-state index in [1.54, 1.807) is 20.9 Å². The number of carbonyl (C=O) groups excluding carboxylic acids is 1. The van der Waals surface area contributed by atoms with Crippen LogP contribution in [-0.4, -0.2) is 35.9 Å². The lowest BCUT2D eigenvalue weighted by Crippen LogP contribution is -2.31. The Labute approximate surface area is 82.9 Å². The third-order valence-electron chi connectivity index (χ3n) is 1.91. The molecule has 1 heterocycles. The first-order chi connectivity index (χ1) is 6.56. The van der Waals surface area contributed by atoms with Crippen molar-refractivity contribution in [3.8, 4) is 0 Å². The first-order valence-corrected chi connectivity index (χ1v) is 4.45. The van der Waals surface area contributed by atoms with E-state index >= 15 is 0 Å². The highest BCUT2D eigenvalue weighted by Crippen LogP contribution is 2.11. The Morgan fingerprint density at radius 1 is 1.57 bits per heavy atom. The minimum atomic E-state index is -0.173. The quantitative estimate of drug-likeness (QED) is 0.757. The van der Waals surface area contributed by atoms with Gasteiger partial charge in [0.2, 0.25) is 5.76 Å². The Bertz CT molecular complexity index is 333. The number of aromatic nitrogens is 1. The van der Waals surface area contributed by atoms with Gasteiger partial charge in [0.25, 0.3) is 5.91 Å². The number of rotatable bonds is 3. The first kappa shape index (κ1) is 10.7. The standard InChI is InChI=1S/C9H15N3O2/c1-6-8(14-7(2)11-6)9(13)12(3)5-4-10/h4-5,10H2,1-3H3. The summed E-state index contributed by atoms with van der Waals surface area (Å²) in [5, 5.41) is 0. The largest absolute Gasteiger partial charge is 0.436 e. The van der Waals surface area contributed by atoms with Crippen molar-refractivity contribution < 1.29 is 9.21 Å². The Kier molecular flexibility index (Phi) is 3.24. The van der Waals surface area contributed by atoms with Crippen LogP contribution in [0.2, 0.25) is 0 Å². The zero-order valence-electron chi connectivity index (χ0n) is 8.70. The van der Waals surface area contributed by atoms with Crippen molar-refractivity contribution >= 4 is 5.91 Å². The summed E-state index contributed by atoms with van der Waals surface area (Å²) in [7, 11) is 1.69. The van der Waals surface area contributed by atoms with Crippen molar-refractivity contribution in [2.75, 3.05) is 20.1 Å². The van der Waals surface area contributed by atoms with Gasteiger partial charge in [0.1, 0.15) is 0 Å². The number of nitrogens with zero attached hydrogens (tertiary/aromatic N) is 2. The average molecular weight is 197 g/mol. The predicted molar refractivity (Wildman–Crippen MR) is 52.0 cm³/mol. The van der Waals surface area contributed by atoms with Crippen LogP contribution in [0.1, 0.15) is 22.1 Å². The molecule has 0 aliphatic rings. The number of aryl methyl sites for hydroxylation is 2. The van der Waals surface area contributed by atoms with E-state index in [1.807, 2.05) is 0 Å². The van der Waals surface area contributed by atoms with Crippen molar-refractivity contribution in [3.05, 3.63) is 17.3 Å². The van der Waals surface area contributed by atoms with E-state index in [0.717, 1.165) is 0 Å². The average Bonchev–Trinajstić information content (AvgIpc) is 2.44. The fourth-order valence-corrected chi connectivity index (χ4v) is 1.20. The maximum absolute atomic E-state index is 11.7. The maximum Gasteiger partial charge on any atom is 0.291 e. The molecule has 0 fully saturated rings. The summed E-state index contributed by atoms with van der Waals surface area (Å²) in [6.07, 6.45) is 0. The molecule has 0 saturated heterocycles. The zero-order valence-corrected chi connectivity index (χ0v) is 8.70. The molecule has 1 aromatic heterocycles. The molecule has 1 rings (SSSR count). The number of nitrogens with two attached hydrogens (primary N) is 1. The van der Waals surface area contributed by atoms with Gasteiger partial charge in [-0.2, -0.15) is 0 Å². The summed E-state index contributed by atoms with van der Waals surface area (Å²) in [4.78, 5) is 17.3. The summed E-state index contributed by atoms with van der Waals surface area (Å²) >= 11 is 0. The third kappa shape index (κ3) is 2.11. The topological polar surface area (TPSA) is 72.4 Å². The van der Waals surface area contributed by atoms with E-state index < -0.39 is 0 Å². The van der Waals surface area contributed by atoms with Gasteiger partial charge in [0.05, 0.1) is 5.69 Å². The molecule has 0 saturated carbocycles. The highest BCUT2D eigenvalue weighted by atomic mass is 16.4. The molecule has 1 aromatic rings. The molecule has 0 unspecified atom stereocenters. The van der Waals surface area contributed by atoms with Crippen LogP contribution < -0.4 is 5.73 Å². The molecule has 0 bridgehead atoms. The lowest BCUT2D eigenvalue weighted by atomic mass is 10.3. The fourth-order valence-electron chi connectivity index (χ4n) is 1.20. The third-order valence-corrected chi connectivity index (χ3v) is 1.91. The number of carbonyl (C=O) groups is 1. The van der Waals surface area contributed by atoms with Gasteiger partial charge < -0.3 is 15.1 Å². The molecule has 0 aromatic carbocycles. The Morgan fingerprint density at radius 2 is 2.21 bits per heavy atom. The highest BCUT2D eigenvalue weighted by Gasteiger charge is 2.18. The van der Waals surface area contributed by atoms with Gasteiger partial charge >= 0.3 is 0 Å². The Hall–Kier alpha value is -1.36. The second kappa shape index (κ2) is 4.23. The van der Waals surface area contributed by atoms with Crippen molar-refractivity contribution in [1.82, 2.24) is 9.88 Å². The van der Waals surface area contributed by atoms with Crippen LogP contribution in [0.25, 0.3) is 0 Å². The SMILES string of the molecule is Cc1nc(C)c(C(=O)N(C)CCN)o1. The van der Waals surface area contributed by atoms with Crippen LogP contribution in [0.5, 0.6) is 0 Å². The van der Waals surface area contributed by atoms with Gasteiger partial charge in [0, 0.05) is 27.1 Å². The molecule has 0 aliphatic heterocycles. The lowest BCUT2D eigenvalue weighted by Gasteiger charge is -2.13. The van der Waals surface area contributed by atoms with E-state index in [4.69, 9.17) is 10.2 Å². The van der Waals surface area contributed by atoms with E-state index in [0.29, 0.717) is 30.4 Å². The minimum Gasteiger partial charge on any atom is -0.436 e. The maximum atomic E-state index is 11.7. The van der Waals surface area contributed by atoms with Crippen molar-refractivity contribution in [3.63, 3.8) is 0 Å². The highest BCUT2D eigenvalue weighted by molar-refractivity contribution is 5.92. The normalized spacial score (nSPS) is 10.3. The second-order valence-electron chi connectivity index (χ2n) is 3.16. The molecule has 0 radical (unpaired) electrons. The first-order valence-electron chi connectivity index (χ1n) is 4.45. The number of hydrogen-bond acceptors (Lipinski definition) is 4. The number of oxazole rings is 1. The van der Waals surface area contributed by atoms with Crippen LogP contribution in [0.3, 0.4) is 0 Å². The summed E-state index contributed by atoms with van der Waals surface area (Å²) in [5.74, 6) is 0.638. The van der Waals surface area contributed by atoms with Crippen molar-refractivity contribution in [1.29, 1.82) is 0 Å². The van der Waals surface area contributed by atoms with Gasteiger partial charge in [0.15, 0.2) is 5.89 Å².